The SMILES string of the molecule is S=CC1NC=CN1Cc1cccs1. The van der Waals surface area contributed by atoms with Crippen LogP contribution in [0.15, 0.2) is 29.9 Å². The summed E-state index contributed by atoms with van der Waals surface area (Å²) < 4.78 is 0. The van der Waals surface area contributed by atoms with Crippen LogP contribution < -0.4 is 5.32 Å². The van der Waals surface area contributed by atoms with E-state index in [9.17, 15) is 0 Å². The van der Waals surface area contributed by atoms with Crippen molar-refractivity contribution in [1.82, 2.24) is 10.2 Å². The van der Waals surface area contributed by atoms with Crippen molar-refractivity contribution in [3.8, 4) is 0 Å². The van der Waals surface area contributed by atoms with Crippen molar-refractivity contribution in [2.75, 3.05) is 0 Å². The van der Waals surface area contributed by atoms with Gasteiger partial charge in [-0.1, -0.05) is 18.3 Å². The van der Waals surface area contributed by atoms with E-state index in [1.165, 1.54) is 4.88 Å². The fourth-order valence-electron chi connectivity index (χ4n) is 1.28. The second-order valence-corrected chi connectivity index (χ2v) is 4.12. The Balaban J connectivity index is 2.01. The molecule has 0 saturated carbocycles. The molecule has 0 aliphatic carbocycles. The lowest BCUT2D eigenvalue weighted by Gasteiger charge is -2.20. The van der Waals surface area contributed by atoms with Gasteiger partial charge in [0, 0.05) is 22.6 Å². The van der Waals surface area contributed by atoms with E-state index in [1.807, 2.05) is 12.4 Å². The van der Waals surface area contributed by atoms with Gasteiger partial charge in [-0.15, -0.1) is 11.3 Å². The Morgan fingerprint density at radius 1 is 1.69 bits per heavy atom. The first-order chi connectivity index (χ1) is 6.40. The molecule has 2 nitrogen and oxygen atoms in total. The zero-order chi connectivity index (χ0) is 9.10. The summed E-state index contributed by atoms with van der Waals surface area (Å²) in [4.78, 5) is 3.54. The van der Waals surface area contributed by atoms with Gasteiger partial charge in [0.15, 0.2) is 0 Å². The molecular formula is C9H10N2S2. The number of hydrogen-bond donors (Lipinski definition) is 1. The predicted octanol–water partition coefficient (Wildman–Crippen LogP) is 1.95. The molecule has 2 rings (SSSR count). The van der Waals surface area contributed by atoms with E-state index >= 15 is 0 Å². The van der Waals surface area contributed by atoms with Gasteiger partial charge in [-0.2, -0.15) is 0 Å². The molecular weight excluding hydrogens is 200 g/mol. The van der Waals surface area contributed by atoms with Crippen molar-refractivity contribution >= 4 is 28.9 Å². The Morgan fingerprint density at radius 3 is 3.31 bits per heavy atom. The fourth-order valence-corrected chi connectivity index (χ4v) is 2.22. The van der Waals surface area contributed by atoms with Crippen LogP contribution in [0.25, 0.3) is 0 Å². The zero-order valence-electron chi connectivity index (χ0n) is 7.01. The molecule has 1 atom stereocenters. The average molecular weight is 210 g/mol. The summed E-state index contributed by atoms with van der Waals surface area (Å²) in [6.07, 6.45) is 4.14. The first-order valence-corrected chi connectivity index (χ1v) is 5.41. The Morgan fingerprint density at radius 2 is 2.62 bits per heavy atom. The van der Waals surface area contributed by atoms with Crippen LogP contribution in [0.1, 0.15) is 4.88 Å². The largest absolute Gasteiger partial charge is 0.366 e. The molecule has 0 fully saturated rings. The Hall–Kier alpha value is -0.870. The highest BCUT2D eigenvalue weighted by molar-refractivity contribution is 7.79. The zero-order valence-corrected chi connectivity index (χ0v) is 8.65. The van der Waals surface area contributed by atoms with Gasteiger partial charge in [0.1, 0.15) is 6.17 Å². The maximum absolute atomic E-state index is 4.92. The average Bonchev–Trinajstić information content (AvgIpc) is 2.76. The topological polar surface area (TPSA) is 15.3 Å². The molecule has 2 heterocycles. The molecule has 13 heavy (non-hydrogen) atoms. The summed E-state index contributed by atoms with van der Waals surface area (Å²) in [5.41, 5.74) is 0. The molecule has 0 bridgehead atoms. The van der Waals surface area contributed by atoms with E-state index in [4.69, 9.17) is 12.2 Å². The summed E-state index contributed by atoms with van der Waals surface area (Å²) in [5.74, 6) is 0. The molecule has 1 N–H and O–H groups in total. The highest BCUT2D eigenvalue weighted by Gasteiger charge is 2.15. The quantitative estimate of drug-likeness (QED) is 0.768. The van der Waals surface area contributed by atoms with Gasteiger partial charge in [0.05, 0.1) is 6.54 Å². The van der Waals surface area contributed by atoms with Crippen molar-refractivity contribution in [2.45, 2.75) is 12.7 Å². The van der Waals surface area contributed by atoms with Gasteiger partial charge in [-0.3, -0.25) is 0 Å². The van der Waals surface area contributed by atoms with Gasteiger partial charge >= 0.3 is 0 Å². The van der Waals surface area contributed by atoms with E-state index < -0.39 is 0 Å². The second-order valence-electron chi connectivity index (χ2n) is 2.82. The number of hydrogen-bond acceptors (Lipinski definition) is 4. The Kier molecular flexibility index (Phi) is 2.61. The van der Waals surface area contributed by atoms with Crippen LogP contribution in [-0.4, -0.2) is 16.4 Å². The lowest BCUT2D eigenvalue weighted by atomic mass is 10.4. The van der Waals surface area contributed by atoms with E-state index in [-0.39, 0.29) is 6.17 Å². The summed E-state index contributed by atoms with van der Waals surface area (Å²) in [7, 11) is 0. The smallest absolute Gasteiger partial charge is 0.128 e. The minimum Gasteiger partial charge on any atom is -0.366 e. The molecule has 1 unspecified atom stereocenters. The molecule has 0 spiro atoms. The van der Waals surface area contributed by atoms with E-state index in [0.29, 0.717) is 0 Å². The molecule has 4 heteroatoms. The van der Waals surface area contributed by atoms with Crippen LogP contribution in [0.4, 0.5) is 0 Å². The molecule has 1 aromatic rings. The summed E-state index contributed by atoms with van der Waals surface area (Å²) in [6, 6.07) is 4.21. The lowest BCUT2D eigenvalue weighted by Crippen LogP contribution is -2.35. The van der Waals surface area contributed by atoms with Crippen molar-refractivity contribution in [2.24, 2.45) is 0 Å². The predicted molar refractivity (Wildman–Crippen MR) is 59.6 cm³/mol. The highest BCUT2D eigenvalue weighted by Crippen LogP contribution is 2.14. The lowest BCUT2D eigenvalue weighted by molar-refractivity contribution is 0.344. The van der Waals surface area contributed by atoms with E-state index in [0.717, 1.165) is 6.54 Å². The third-order valence-electron chi connectivity index (χ3n) is 1.94. The number of nitrogens with zero attached hydrogens (tertiary/aromatic N) is 1. The second kappa shape index (κ2) is 3.89. The van der Waals surface area contributed by atoms with Gasteiger partial charge in [0.2, 0.25) is 0 Å². The van der Waals surface area contributed by atoms with Crippen molar-refractivity contribution in [3.05, 3.63) is 34.8 Å². The fraction of sp³-hybridized carbons (Fsp3) is 0.222. The Labute approximate surface area is 86.9 Å². The van der Waals surface area contributed by atoms with Crippen molar-refractivity contribution in [3.63, 3.8) is 0 Å². The monoisotopic (exact) mass is 210 g/mol. The van der Waals surface area contributed by atoms with Gasteiger partial charge in [-0.05, 0) is 11.4 Å². The van der Waals surface area contributed by atoms with Crippen molar-refractivity contribution in [1.29, 1.82) is 0 Å². The summed E-state index contributed by atoms with van der Waals surface area (Å²) in [5, 5.41) is 6.99. The maximum atomic E-state index is 4.92. The van der Waals surface area contributed by atoms with Crippen LogP contribution in [0.2, 0.25) is 0 Å². The van der Waals surface area contributed by atoms with Crippen molar-refractivity contribution < 1.29 is 0 Å². The minimum absolute atomic E-state index is 0.178. The number of thiophene rings is 1. The minimum atomic E-state index is 0.178. The third-order valence-corrected chi connectivity index (χ3v) is 3.06. The molecule has 68 valence electrons. The molecule has 0 saturated heterocycles. The Bertz CT molecular complexity index is 305. The van der Waals surface area contributed by atoms with Crippen LogP contribution in [0.3, 0.4) is 0 Å². The van der Waals surface area contributed by atoms with E-state index in [1.54, 1.807) is 16.7 Å². The summed E-state index contributed by atoms with van der Waals surface area (Å²) in [6.45, 7) is 0.930. The van der Waals surface area contributed by atoms with Crippen LogP contribution in [-0.2, 0) is 6.54 Å². The first kappa shape index (κ1) is 8.72. The first-order valence-electron chi connectivity index (χ1n) is 4.06. The van der Waals surface area contributed by atoms with E-state index in [2.05, 4.69) is 27.7 Å². The standard InChI is InChI=1S/C9H10N2S2/c12-7-9-10-3-4-11(9)6-8-2-1-5-13-8/h1-5,7,9-10H,6H2. The van der Waals surface area contributed by atoms with Crippen LogP contribution in [0.5, 0.6) is 0 Å². The molecule has 0 aromatic carbocycles. The van der Waals surface area contributed by atoms with Crippen LogP contribution >= 0.6 is 23.6 Å². The molecule has 1 aliphatic rings. The van der Waals surface area contributed by atoms with Crippen LogP contribution in [0, 0.1) is 0 Å². The number of nitrogens with one attached hydrogen (secondary N) is 1. The number of thiocarbonyl (C=S) groups is 1. The van der Waals surface area contributed by atoms with Gasteiger partial charge in [0.25, 0.3) is 0 Å². The maximum Gasteiger partial charge on any atom is 0.128 e. The normalized spacial score (nSPS) is 20.3. The molecule has 0 amide bonds. The molecule has 0 radical (unpaired) electrons. The third kappa shape index (κ3) is 1.89. The van der Waals surface area contributed by atoms with Gasteiger partial charge in [-0.25, -0.2) is 0 Å². The van der Waals surface area contributed by atoms with Gasteiger partial charge < -0.3 is 10.2 Å². The highest BCUT2D eigenvalue weighted by atomic mass is 32.1. The molecule has 1 aromatic heterocycles. The number of rotatable bonds is 3. The molecule has 1 aliphatic heterocycles. The summed E-state index contributed by atoms with van der Waals surface area (Å²) >= 11 is 6.69.